The van der Waals surface area contributed by atoms with E-state index < -0.39 is 0 Å². The number of rotatable bonds is 3. The Balaban J connectivity index is 2.07. The zero-order valence-corrected chi connectivity index (χ0v) is 9.07. The largest absolute Gasteiger partial charge is 0.478 e. The molecule has 0 aromatic heterocycles. The highest BCUT2D eigenvalue weighted by atomic mass is 35.5. The smallest absolute Gasteiger partial charge is 0.188 e. The highest BCUT2D eigenvalue weighted by Crippen LogP contribution is 2.17. The van der Waals surface area contributed by atoms with E-state index in [0.717, 1.165) is 16.5 Å². The molecule has 1 aliphatic rings. The first-order valence-electron chi connectivity index (χ1n) is 4.92. The molecule has 0 spiro atoms. The van der Waals surface area contributed by atoms with E-state index in [1.54, 1.807) is 0 Å². The molecule has 1 heterocycles. The Morgan fingerprint density at radius 3 is 2.93 bits per heavy atom. The maximum Gasteiger partial charge on any atom is 0.188 e. The van der Waals surface area contributed by atoms with E-state index in [-0.39, 0.29) is 6.04 Å². The second-order valence-corrected chi connectivity index (χ2v) is 3.90. The molecule has 80 valence electrons. The summed E-state index contributed by atoms with van der Waals surface area (Å²) in [5, 5.41) is 0.750. The lowest BCUT2D eigenvalue weighted by Gasteiger charge is -2.03. The molecule has 2 rings (SSSR count). The van der Waals surface area contributed by atoms with Crippen molar-refractivity contribution in [2.45, 2.75) is 12.5 Å². The molecule has 0 saturated heterocycles. The standard InChI is InChI=1S/C11H13ClN2O/c12-10-4-2-1-3-8(10)5-11-14-9(6-13)7-15-11/h1-4,9H,5-7,13H2. The highest BCUT2D eigenvalue weighted by Gasteiger charge is 2.17. The number of hydrogen-bond donors (Lipinski definition) is 1. The van der Waals surface area contributed by atoms with E-state index in [4.69, 9.17) is 22.1 Å². The zero-order chi connectivity index (χ0) is 10.7. The molecule has 0 bridgehead atoms. The van der Waals surface area contributed by atoms with Gasteiger partial charge in [0.25, 0.3) is 0 Å². The summed E-state index contributed by atoms with van der Waals surface area (Å²) >= 11 is 6.04. The summed E-state index contributed by atoms with van der Waals surface area (Å²) in [6.07, 6.45) is 0.649. The van der Waals surface area contributed by atoms with Crippen LogP contribution >= 0.6 is 11.6 Å². The first kappa shape index (κ1) is 10.5. The minimum Gasteiger partial charge on any atom is -0.478 e. The van der Waals surface area contributed by atoms with Crippen molar-refractivity contribution in [1.29, 1.82) is 0 Å². The van der Waals surface area contributed by atoms with Gasteiger partial charge in [0.1, 0.15) is 6.61 Å². The summed E-state index contributed by atoms with van der Waals surface area (Å²) < 4.78 is 5.43. The lowest BCUT2D eigenvalue weighted by molar-refractivity contribution is 0.313. The minimum atomic E-state index is 0.113. The predicted molar refractivity (Wildman–Crippen MR) is 61.4 cm³/mol. The van der Waals surface area contributed by atoms with E-state index in [2.05, 4.69) is 4.99 Å². The normalized spacial score (nSPS) is 19.9. The number of hydrogen-bond acceptors (Lipinski definition) is 3. The highest BCUT2D eigenvalue weighted by molar-refractivity contribution is 6.31. The van der Waals surface area contributed by atoms with Crippen molar-refractivity contribution in [2.75, 3.05) is 13.2 Å². The van der Waals surface area contributed by atoms with Gasteiger partial charge in [-0.05, 0) is 11.6 Å². The van der Waals surface area contributed by atoms with Gasteiger partial charge in [0.15, 0.2) is 5.90 Å². The number of nitrogens with two attached hydrogens (primary N) is 1. The number of benzene rings is 1. The quantitative estimate of drug-likeness (QED) is 0.849. The van der Waals surface area contributed by atoms with Crippen molar-refractivity contribution >= 4 is 17.5 Å². The van der Waals surface area contributed by atoms with E-state index in [9.17, 15) is 0 Å². The fraction of sp³-hybridized carbons (Fsp3) is 0.364. The molecule has 3 nitrogen and oxygen atoms in total. The molecular formula is C11H13ClN2O. The van der Waals surface area contributed by atoms with Crippen LogP contribution in [0.15, 0.2) is 29.3 Å². The lowest BCUT2D eigenvalue weighted by atomic mass is 10.1. The maximum absolute atomic E-state index is 6.04. The molecule has 0 aliphatic carbocycles. The Labute approximate surface area is 93.9 Å². The van der Waals surface area contributed by atoms with Gasteiger partial charge < -0.3 is 10.5 Å². The van der Waals surface area contributed by atoms with Crippen molar-refractivity contribution in [3.63, 3.8) is 0 Å². The van der Waals surface area contributed by atoms with E-state index in [1.807, 2.05) is 24.3 Å². The first-order chi connectivity index (χ1) is 7.29. The topological polar surface area (TPSA) is 47.6 Å². The summed E-state index contributed by atoms with van der Waals surface area (Å²) in [6.45, 7) is 1.13. The molecule has 0 saturated carbocycles. The van der Waals surface area contributed by atoms with Crippen LogP contribution in [0, 0.1) is 0 Å². The van der Waals surface area contributed by atoms with Crippen molar-refractivity contribution in [1.82, 2.24) is 0 Å². The van der Waals surface area contributed by atoms with E-state index in [0.29, 0.717) is 19.6 Å². The van der Waals surface area contributed by atoms with Gasteiger partial charge in [-0.25, -0.2) is 4.99 Å². The molecule has 1 aromatic carbocycles. The van der Waals surface area contributed by atoms with Gasteiger partial charge in [-0.2, -0.15) is 0 Å². The van der Waals surface area contributed by atoms with Gasteiger partial charge in [-0.3, -0.25) is 0 Å². The summed E-state index contributed by atoms with van der Waals surface area (Å²) in [7, 11) is 0. The van der Waals surface area contributed by atoms with Gasteiger partial charge in [0.2, 0.25) is 0 Å². The second-order valence-electron chi connectivity index (χ2n) is 3.49. The van der Waals surface area contributed by atoms with Crippen molar-refractivity contribution in [3.05, 3.63) is 34.9 Å². The van der Waals surface area contributed by atoms with Crippen molar-refractivity contribution in [3.8, 4) is 0 Å². The Morgan fingerprint density at radius 2 is 2.27 bits per heavy atom. The molecule has 1 aliphatic heterocycles. The number of halogens is 1. The average Bonchev–Trinajstić information content (AvgIpc) is 2.69. The van der Waals surface area contributed by atoms with Gasteiger partial charge in [-0.1, -0.05) is 29.8 Å². The monoisotopic (exact) mass is 224 g/mol. The zero-order valence-electron chi connectivity index (χ0n) is 8.32. The Morgan fingerprint density at radius 1 is 1.47 bits per heavy atom. The van der Waals surface area contributed by atoms with Gasteiger partial charge in [0.05, 0.1) is 6.04 Å². The summed E-state index contributed by atoms with van der Waals surface area (Å²) in [5.74, 6) is 0.735. The third-order valence-corrected chi connectivity index (χ3v) is 2.71. The van der Waals surface area contributed by atoms with Crippen LogP contribution in [0.5, 0.6) is 0 Å². The van der Waals surface area contributed by atoms with Crippen molar-refractivity contribution < 1.29 is 4.74 Å². The van der Waals surface area contributed by atoms with E-state index >= 15 is 0 Å². The van der Waals surface area contributed by atoms with Crippen LogP contribution in [-0.4, -0.2) is 25.1 Å². The second kappa shape index (κ2) is 4.64. The molecule has 0 amide bonds. The fourth-order valence-electron chi connectivity index (χ4n) is 1.49. The van der Waals surface area contributed by atoms with Crippen LogP contribution in [0.4, 0.5) is 0 Å². The van der Waals surface area contributed by atoms with Crippen LogP contribution < -0.4 is 5.73 Å². The Kier molecular flexibility index (Phi) is 3.23. The average molecular weight is 225 g/mol. The third-order valence-electron chi connectivity index (χ3n) is 2.34. The third kappa shape index (κ3) is 2.49. The molecule has 0 fully saturated rings. The first-order valence-corrected chi connectivity index (χ1v) is 5.30. The van der Waals surface area contributed by atoms with Crippen LogP contribution in [-0.2, 0) is 11.2 Å². The molecule has 0 radical (unpaired) electrons. The van der Waals surface area contributed by atoms with Crippen LogP contribution in [0.2, 0.25) is 5.02 Å². The van der Waals surface area contributed by atoms with Gasteiger partial charge >= 0.3 is 0 Å². The molecule has 1 atom stereocenters. The molecule has 15 heavy (non-hydrogen) atoms. The lowest BCUT2D eigenvalue weighted by Crippen LogP contribution is -2.18. The van der Waals surface area contributed by atoms with Crippen LogP contribution in [0.1, 0.15) is 5.56 Å². The Hall–Kier alpha value is -1.06. The Bertz CT molecular complexity index is 379. The summed E-state index contributed by atoms with van der Waals surface area (Å²) in [5.41, 5.74) is 6.54. The summed E-state index contributed by atoms with van der Waals surface area (Å²) in [4.78, 5) is 4.35. The number of nitrogens with zero attached hydrogens (tertiary/aromatic N) is 1. The van der Waals surface area contributed by atoms with Crippen molar-refractivity contribution in [2.24, 2.45) is 10.7 Å². The predicted octanol–water partition coefficient (Wildman–Crippen LogP) is 1.64. The fourth-order valence-corrected chi connectivity index (χ4v) is 1.70. The van der Waals surface area contributed by atoms with Gasteiger partial charge in [0, 0.05) is 18.0 Å². The molecule has 4 heteroatoms. The number of ether oxygens (including phenoxy) is 1. The van der Waals surface area contributed by atoms with E-state index in [1.165, 1.54) is 0 Å². The number of aliphatic imine (C=N–C) groups is 1. The molecule has 1 aromatic rings. The minimum absolute atomic E-state index is 0.113. The van der Waals surface area contributed by atoms with Crippen LogP contribution in [0.3, 0.4) is 0 Å². The van der Waals surface area contributed by atoms with Crippen LogP contribution in [0.25, 0.3) is 0 Å². The molecule has 1 unspecified atom stereocenters. The maximum atomic E-state index is 6.04. The summed E-state index contributed by atoms with van der Waals surface area (Å²) in [6, 6.07) is 7.82. The van der Waals surface area contributed by atoms with Gasteiger partial charge in [-0.15, -0.1) is 0 Å². The molecular weight excluding hydrogens is 212 g/mol. The molecule has 2 N–H and O–H groups in total. The SMILES string of the molecule is NCC1COC(Cc2ccccc2Cl)=N1.